The molecule has 0 aliphatic rings. The van der Waals surface area contributed by atoms with E-state index in [1.54, 1.807) is 25.6 Å². The van der Waals surface area contributed by atoms with Crippen LogP contribution in [0.25, 0.3) is 0 Å². The molecular formula is C20H29N3O3S. The summed E-state index contributed by atoms with van der Waals surface area (Å²) in [6.07, 6.45) is 0. The number of amides is 2. The quantitative estimate of drug-likeness (QED) is 0.649. The van der Waals surface area contributed by atoms with Crippen LogP contribution in [0.15, 0.2) is 35.0 Å². The predicted octanol–water partition coefficient (Wildman–Crippen LogP) is 3.65. The topological polar surface area (TPSA) is 62.8 Å². The fourth-order valence-corrected chi connectivity index (χ4v) is 3.72. The van der Waals surface area contributed by atoms with Crippen LogP contribution in [0, 0.1) is 0 Å². The fourth-order valence-electron chi connectivity index (χ4n) is 3.01. The van der Waals surface area contributed by atoms with Crippen molar-refractivity contribution in [3.63, 3.8) is 0 Å². The number of carbonyl (C=O) groups excluding carboxylic acids is 1. The lowest BCUT2D eigenvalue weighted by Gasteiger charge is -2.29. The number of methoxy groups -OCH3 is 2. The van der Waals surface area contributed by atoms with Crippen molar-refractivity contribution in [1.82, 2.24) is 15.5 Å². The van der Waals surface area contributed by atoms with Crippen LogP contribution in [0.3, 0.4) is 0 Å². The molecule has 148 valence electrons. The molecule has 0 aliphatic heterocycles. The third-order valence-electron chi connectivity index (χ3n) is 4.54. The van der Waals surface area contributed by atoms with Gasteiger partial charge in [0, 0.05) is 13.1 Å². The van der Waals surface area contributed by atoms with Gasteiger partial charge in [0.25, 0.3) is 0 Å². The Morgan fingerprint density at radius 2 is 1.85 bits per heavy atom. The van der Waals surface area contributed by atoms with Gasteiger partial charge in [-0.1, -0.05) is 19.9 Å². The Hall–Kier alpha value is -2.25. The number of thiophene rings is 1. The van der Waals surface area contributed by atoms with Gasteiger partial charge < -0.3 is 20.1 Å². The highest BCUT2D eigenvalue weighted by Gasteiger charge is 2.19. The van der Waals surface area contributed by atoms with E-state index in [2.05, 4.69) is 46.2 Å². The van der Waals surface area contributed by atoms with E-state index in [4.69, 9.17) is 9.47 Å². The highest BCUT2D eigenvalue weighted by molar-refractivity contribution is 7.07. The first-order valence-electron chi connectivity index (χ1n) is 9.11. The number of hydrogen-bond acceptors (Lipinski definition) is 5. The normalized spacial score (nSPS) is 11.9. The van der Waals surface area contributed by atoms with Gasteiger partial charge in [0.1, 0.15) is 0 Å². The third kappa shape index (κ3) is 5.87. The van der Waals surface area contributed by atoms with Crippen LogP contribution in [0.1, 0.15) is 31.0 Å². The summed E-state index contributed by atoms with van der Waals surface area (Å²) in [4.78, 5) is 14.6. The molecule has 0 radical (unpaired) electrons. The van der Waals surface area contributed by atoms with Crippen molar-refractivity contribution in [3.8, 4) is 11.5 Å². The van der Waals surface area contributed by atoms with E-state index < -0.39 is 0 Å². The molecule has 0 bridgehead atoms. The highest BCUT2D eigenvalue weighted by atomic mass is 32.1. The molecule has 2 N–H and O–H groups in total. The number of hydrogen-bond donors (Lipinski definition) is 2. The van der Waals surface area contributed by atoms with Crippen LogP contribution in [0.2, 0.25) is 0 Å². The molecule has 6 nitrogen and oxygen atoms in total. The lowest BCUT2D eigenvalue weighted by Crippen LogP contribution is -2.41. The maximum Gasteiger partial charge on any atom is 0.315 e. The second kappa shape index (κ2) is 10.8. The maximum absolute atomic E-state index is 12.3. The number of likely N-dealkylation sites (N-methyl/N-ethyl adjacent to an activating group) is 1. The van der Waals surface area contributed by atoms with Crippen LogP contribution in [-0.2, 0) is 6.54 Å². The summed E-state index contributed by atoms with van der Waals surface area (Å²) in [7, 11) is 3.20. The van der Waals surface area contributed by atoms with Crippen molar-refractivity contribution in [2.24, 2.45) is 0 Å². The molecule has 1 heterocycles. The minimum absolute atomic E-state index is 0.179. The highest BCUT2D eigenvalue weighted by Crippen LogP contribution is 2.27. The zero-order valence-corrected chi connectivity index (χ0v) is 17.3. The fraction of sp³-hybridized carbons (Fsp3) is 0.450. The van der Waals surface area contributed by atoms with Gasteiger partial charge in [-0.25, -0.2) is 4.79 Å². The van der Waals surface area contributed by atoms with Crippen LogP contribution in [-0.4, -0.2) is 44.8 Å². The van der Waals surface area contributed by atoms with Gasteiger partial charge in [-0.05, 0) is 53.2 Å². The summed E-state index contributed by atoms with van der Waals surface area (Å²) in [5.74, 6) is 1.32. The van der Waals surface area contributed by atoms with E-state index in [0.717, 1.165) is 18.7 Å². The lowest BCUT2D eigenvalue weighted by molar-refractivity contribution is 0.206. The van der Waals surface area contributed by atoms with Crippen molar-refractivity contribution in [3.05, 3.63) is 46.2 Å². The summed E-state index contributed by atoms with van der Waals surface area (Å²) in [6.45, 7) is 7.13. The number of nitrogens with one attached hydrogen (secondary N) is 2. The SMILES string of the molecule is CCN(CC)C(CNC(=O)NCc1ccc(OC)c(OC)c1)c1ccsc1. The molecule has 27 heavy (non-hydrogen) atoms. The van der Waals surface area contributed by atoms with Crippen LogP contribution < -0.4 is 20.1 Å². The van der Waals surface area contributed by atoms with Crippen molar-refractivity contribution in [2.75, 3.05) is 33.9 Å². The van der Waals surface area contributed by atoms with Gasteiger partial charge in [-0.2, -0.15) is 11.3 Å². The van der Waals surface area contributed by atoms with E-state index in [0.29, 0.717) is 24.6 Å². The molecule has 0 spiro atoms. The number of rotatable bonds is 10. The number of benzene rings is 1. The smallest absolute Gasteiger partial charge is 0.315 e. The Morgan fingerprint density at radius 1 is 1.11 bits per heavy atom. The first-order valence-corrected chi connectivity index (χ1v) is 10.1. The Kier molecular flexibility index (Phi) is 8.42. The van der Waals surface area contributed by atoms with Gasteiger partial charge in [-0.15, -0.1) is 0 Å². The van der Waals surface area contributed by atoms with Crippen LogP contribution >= 0.6 is 11.3 Å². The predicted molar refractivity (Wildman–Crippen MR) is 110 cm³/mol. The Bertz CT molecular complexity index is 703. The summed E-state index contributed by atoms with van der Waals surface area (Å²) in [5, 5.41) is 10.1. The largest absolute Gasteiger partial charge is 0.493 e. The minimum atomic E-state index is -0.183. The van der Waals surface area contributed by atoms with E-state index in [1.807, 2.05) is 18.2 Å². The second-order valence-corrected chi connectivity index (χ2v) is 6.83. The van der Waals surface area contributed by atoms with E-state index in [1.165, 1.54) is 5.56 Å². The Balaban J connectivity index is 1.91. The molecule has 0 aliphatic carbocycles. The molecule has 1 aromatic carbocycles. The van der Waals surface area contributed by atoms with Crippen molar-refractivity contribution >= 4 is 17.4 Å². The van der Waals surface area contributed by atoms with Crippen molar-refractivity contribution < 1.29 is 14.3 Å². The molecule has 2 aromatic rings. The molecule has 1 aromatic heterocycles. The van der Waals surface area contributed by atoms with E-state index >= 15 is 0 Å². The van der Waals surface area contributed by atoms with Crippen LogP contribution in [0.5, 0.6) is 11.5 Å². The van der Waals surface area contributed by atoms with Gasteiger partial charge in [0.2, 0.25) is 0 Å². The molecule has 0 fully saturated rings. The van der Waals surface area contributed by atoms with Gasteiger partial charge in [0.15, 0.2) is 11.5 Å². The number of urea groups is 1. The van der Waals surface area contributed by atoms with Gasteiger partial charge in [-0.3, -0.25) is 4.90 Å². The second-order valence-electron chi connectivity index (χ2n) is 6.05. The number of ether oxygens (including phenoxy) is 2. The molecule has 7 heteroatoms. The average molecular weight is 392 g/mol. The summed E-state index contributed by atoms with van der Waals surface area (Å²) in [6, 6.07) is 7.72. The van der Waals surface area contributed by atoms with Crippen molar-refractivity contribution in [2.45, 2.75) is 26.4 Å². The molecule has 1 unspecified atom stereocenters. The van der Waals surface area contributed by atoms with E-state index in [-0.39, 0.29) is 12.1 Å². The Morgan fingerprint density at radius 3 is 2.44 bits per heavy atom. The standard InChI is InChI=1S/C20H29N3O3S/c1-5-23(6-2)17(16-9-10-27-14-16)13-22-20(24)21-12-15-7-8-18(25-3)19(11-15)26-4/h7-11,14,17H,5-6,12-13H2,1-4H3,(H2,21,22,24). The maximum atomic E-state index is 12.3. The Labute approximate surface area is 165 Å². The summed E-state index contributed by atoms with van der Waals surface area (Å²) in [5.41, 5.74) is 2.19. The molecule has 1 atom stereocenters. The van der Waals surface area contributed by atoms with Gasteiger partial charge in [0.05, 0.1) is 20.3 Å². The monoisotopic (exact) mass is 391 g/mol. The molecule has 2 rings (SSSR count). The summed E-state index contributed by atoms with van der Waals surface area (Å²) < 4.78 is 10.5. The molecular weight excluding hydrogens is 362 g/mol. The summed E-state index contributed by atoms with van der Waals surface area (Å²) >= 11 is 1.68. The number of carbonyl (C=O) groups is 1. The first-order chi connectivity index (χ1) is 13.1. The van der Waals surface area contributed by atoms with Crippen molar-refractivity contribution in [1.29, 1.82) is 0 Å². The lowest BCUT2D eigenvalue weighted by atomic mass is 10.1. The molecule has 2 amide bonds. The average Bonchev–Trinajstić information content (AvgIpc) is 3.23. The zero-order valence-electron chi connectivity index (χ0n) is 16.5. The van der Waals surface area contributed by atoms with E-state index in [9.17, 15) is 4.79 Å². The molecule has 0 saturated heterocycles. The zero-order chi connectivity index (χ0) is 19.6. The first kappa shape index (κ1) is 21.1. The van der Waals surface area contributed by atoms with Gasteiger partial charge >= 0.3 is 6.03 Å². The minimum Gasteiger partial charge on any atom is -0.493 e. The van der Waals surface area contributed by atoms with Crippen LogP contribution in [0.4, 0.5) is 4.79 Å². The molecule has 0 saturated carbocycles. The third-order valence-corrected chi connectivity index (χ3v) is 5.24. The number of nitrogens with zero attached hydrogens (tertiary/aromatic N) is 1.